The molecule has 9 heteroatoms. The highest BCUT2D eigenvalue weighted by molar-refractivity contribution is 5.76. The molecule has 1 atom stereocenters. The summed E-state index contributed by atoms with van der Waals surface area (Å²) in [6.07, 6.45) is 3.67. The molecule has 2 aliphatic heterocycles. The minimum absolute atomic E-state index is 0.0202. The van der Waals surface area contributed by atoms with Gasteiger partial charge in [-0.2, -0.15) is 5.26 Å². The van der Waals surface area contributed by atoms with Gasteiger partial charge in [0.25, 0.3) is 0 Å². The van der Waals surface area contributed by atoms with Crippen molar-refractivity contribution in [1.29, 1.82) is 5.26 Å². The first-order valence-corrected chi connectivity index (χ1v) is 12.9. The maximum Gasteiger partial charge on any atom is 0.227 e. The number of rotatable bonds is 9. The first-order valence-electron chi connectivity index (χ1n) is 12.9. The number of nitrogens with zero attached hydrogens (tertiary/aromatic N) is 3. The summed E-state index contributed by atoms with van der Waals surface area (Å²) in [5, 5.41) is 26.4. The zero-order valence-corrected chi connectivity index (χ0v) is 21.8. The molecule has 1 fully saturated rings. The fourth-order valence-electron chi connectivity index (χ4n) is 5.05. The summed E-state index contributed by atoms with van der Waals surface area (Å²) < 4.78 is 16.8. The molecule has 3 heterocycles. The van der Waals surface area contributed by atoms with Crippen LogP contribution in [0, 0.1) is 11.3 Å². The van der Waals surface area contributed by atoms with Crippen LogP contribution in [0.4, 0.5) is 17.3 Å². The lowest BCUT2D eigenvalue weighted by Gasteiger charge is -2.23. The highest BCUT2D eigenvalue weighted by atomic mass is 16.5. The van der Waals surface area contributed by atoms with Crippen molar-refractivity contribution in [3.05, 3.63) is 59.3 Å². The largest absolute Gasteiger partial charge is 0.489 e. The van der Waals surface area contributed by atoms with E-state index in [1.54, 1.807) is 13.3 Å². The molecule has 0 amide bonds. The monoisotopic (exact) mass is 515 g/mol. The summed E-state index contributed by atoms with van der Waals surface area (Å²) in [5.41, 5.74) is 5.21. The predicted molar refractivity (Wildman–Crippen MR) is 145 cm³/mol. The van der Waals surface area contributed by atoms with Crippen molar-refractivity contribution in [3.63, 3.8) is 0 Å². The molecule has 0 bridgehead atoms. The topological polar surface area (TPSA) is 122 Å². The van der Waals surface area contributed by atoms with Crippen molar-refractivity contribution in [2.24, 2.45) is 0 Å². The number of hydrogen-bond donors (Lipinski definition) is 3. The Hall–Kier alpha value is -3.71. The predicted octanol–water partition coefficient (Wildman–Crippen LogP) is 4.35. The average molecular weight is 516 g/mol. The van der Waals surface area contributed by atoms with Crippen LogP contribution >= 0.6 is 0 Å². The molecular formula is C29H33N5O4. The SMILES string of the molecule is COCCOc1cc(C2CCOCC2)ccc1Nc1nccc(-c2cc(C#N)c3c(c2)[C@@](C)(CO)CN3)n1. The molecule has 38 heavy (non-hydrogen) atoms. The third kappa shape index (κ3) is 5.29. The Balaban J connectivity index is 1.45. The van der Waals surface area contributed by atoms with Crippen LogP contribution in [-0.4, -0.2) is 61.8 Å². The van der Waals surface area contributed by atoms with Crippen molar-refractivity contribution in [3.8, 4) is 23.1 Å². The minimum atomic E-state index is -0.467. The van der Waals surface area contributed by atoms with Crippen molar-refractivity contribution in [1.82, 2.24) is 9.97 Å². The van der Waals surface area contributed by atoms with Crippen LogP contribution in [0.1, 0.15) is 42.4 Å². The summed E-state index contributed by atoms with van der Waals surface area (Å²) >= 11 is 0. The number of hydrogen-bond acceptors (Lipinski definition) is 9. The van der Waals surface area contributed by atoms with Crippen LogP contribution in [0.3, 0.4) is 0 Å². The van der Waals surface area contributed by atoms with Gasteiger partial charge in [-0.25, -0.2) is 9.97 Å². The molecule has 198 valence electrons. The Morgan fingerprint density at radius 1 is 1.21 bits per heavy atom. The van der Waals surface area contributed by atoms with E-state index in [4.69, 9.17) is 19.2 Å². The average Bonchev–Trinajstić information content (AvgIpc) is 3.31. The van der Waals surface area contributed by atoms with Gasteiger partial charge in [-0.1, -0.05) is 13.0 Å². The molecule has 2 aliphatic rings. The maximum atomic E-state index is 10.0. The molecule has 0 saturated carbocycles. The first kappa shape index (κ1) is 25.9. The van der Waals surface area contributed by atoms with E-state index in [1.165, 1.54) is 5.56 Å². The van der Waals surface area contributed by atoms with E-state index in [-0.39, 0.29) is 6.61 Å². The summed E-state index contributed by atoms with van der Waals surface area (Å²) in [4.78, 5) is 9.18. The number of nitrogens with one attached hydrogen (secondary N) is 2. The molecule has 3 aromatic rings. The Morgan fingerprint density at radius 2 is 2.05 bits per heavy atom. The second-order valence-electron chi connectivity index (χ2n) is 10.0. The molecule has 9 nitrogen and oxygen atoms in total. The number of aliphatic hydroxyl groups excluding tert-OH is 1. The number of benzene rings is 2. The van der Waals surface area contributed by atoms with Crippen molar-refractivity contribution >= 4 is 17.3 Å². The summed E-state index contributed by atoms with van der Waals surface area (Å²) in [6.45, 7) is 4.99. The highest BCUT2D eigenvalue weighted by Crippen LogP contribution is 2.41. The van der Waals surface area contributed by atoms with Crippen LogP contribution in [-0.2, 0) is 14.9 Å². The molecule has 3 N–H and O–H groups in total. The summed E-state index contributed by atoms with van der Waals surface area (Å²) in [6, 6.07) is 14.1. The van der Waals surface area contributed by atoms with E-state index in [2.05, 4.69) is 33.8 Å². The van der Waals surface area contributed by atoms with Crippen LogP contribution in [0.2, 0.25) is 0 Å². The van der Waals surface area contributed by atoms with Crippen LogP contribution in [0.5, 0.6) is 5.75 Å². The fourth-order valence-corrected chi connectivity index (χ4v) is 5.05. The minimum Gasteiger partial charge on any atom is -0.489 e. The number of fused-ring (bicyclic) bond motifs is 1. The van der Waals surface area contributed by atoms with Gasteiger partial charge < -0.3 is 30.0 Å². The lowest BCUT2D eigenvalue weighted by Crippen LogP contribution is -2.28. The number of ether oxygens (including phenoxy) is 3. The quantitative estimate of drug-likeness (QED) is 0.357. The second kappa shape index (κ2) is 11.4. The Labute approximate surface area is 222 Å². The molecular weight excluding hydrogens is 482 g/mol. The standard InChI is InChI=1S/C29H33N5O4/c1-29(18-35)17-32-27-22(16-30)13-21(14-23(27)29)24-5-8-31-28(33-24)34-25-4-3-20(19-6-9-37-10-7-19)15-26(25)38-12-11-36-2/h3-5,8,13-15,19,32,35H,6-7,9-12,17-18H2,1-2H3,(H,31,33,34)/t29-/m1/s1. The Kier molecular flexibility index (Phi) is 7.74. The lowest BCUT2D eigenvalue weighted by atomic mass is 9.83. The van der Waals surface area contributed by atoms with Gasteiger partial charge in [0.1, 0.15) is 18.4 Å². The number of anilines is 3. The van der Waals surface area contributed by atoms with Gasteiger partial charge in [-0.05, 0) is 60.2 Å². The molecule has 0 unspecified atom stereocenters. The van der Waals surface area contributed by atoms with Gasteiger partial charge in [0.05, 0.1) is 35.8 Å². The maximum absolute atomic E-state index is 10.0. The summed E-state index contributed by atoms with van der Waals surface area (Å²) in [5.74, 6) is 1.57. The van der Waals surface area contributed by atoms with E-state index in [9.17, 15) is 10.4 Å². The normalized spacial score (nSPS) is 18.9. The molecule has 1 aromatic heterocycles. The van der Waals surface area contributed by atoms with Crippen molar-refractivity contribution in [2.75, 3.05) is 57.3 Å². The van der Waals surface area contributed by atoms with E-state index in [1.807, 2.05) is 31.2 Å². The van der Waals surface area contributed by atoms with E-state index in [0.717, 1.165) is 48.6 Å². The van der Waals surface area contributed by atoms with E-state index >= 15 is 0 Å². The van der Waals surface area contributed by atoms with E-state index in [0.29, 0.717) is 48.6 Å². The van der Waals surface area contributed by atoms with E-state index < -0.39 is 5.41 Å². The molecule has 0 spiro atoms. The van der Waals surface area contributed by atoms with Crippen LogP contribution in [0.25, 0.3) is 11.3 Å². The molecule has 2 aromatic carbocycles. The van der Waals surface area contributed by atoms with Gasteiger partial charge in [0.2, 0.25) is 5.95 Å². The van der Waals surface area contributed by atoms with Crippen LogP contribution < -0.4 is 15.4 Å². The van der Waals surface area contributed by atoms with Gasteiger partial charge in [0, 0.05) is 44.0 Å². The number of aromatic nitrogens is 2. The first-order chi connectivity index (χ1) is 18.5. The lowest BCUT2D eigenvalue weighted by molar-refractivity contribution is 0.0852. The van der Waals surface area contributed by atoms with Gasteiger partial charge in [-0.15, -0.1) is 0 Å². The molecule has 0 aliphatic carbocycles. The van der Waals surface area contributed by atoms with Gasteiger partial charge >= 0.3 is 0 Å². The number of aliphatic hydroxyl groups is 1. The van der Waals surface area contributed by atoms with Gasteiger partial charge in [0.15, 0.2) is 0 Å². The smallest absolute Gasteiger partial charge is 0.227 e. The fraction of sp³-hybridized carbons (Fsp3) is 0.414. The number of methoxy groups -OCH3 is 1. The third-order valence-corrected chi connectivity index (χ3v) is 7.35. The second-order valence-corrected chi connectivity index (χ2v) is 10.0. The van der Waals surface area contributed by atoms with Crippen molar-refractivity contribution in [2.45, 2.75) is 31.1 Å². The van der Waals surface area contributed by atoms with Crippen molar-refractivity contribution < 1.29 is 19.3 Å². The number of nitriles is 1. The zero-order chi connectivity index (χ0) is 26.5. The summed E-state index contributed by atoms with van der Waals surface area (Å²) in [7, 11) is 1.65. The Bertz CT molecular complexity index is 1340. The third-order valence-electron chi connectivity index (χ3n) is 7.35. The molecule has 5 rings (SSSR count). The van der Waals surface area contributed by atoms with Gasteiger partial charge in [-0.3, -0.25) is 0 Å². The molecule has 1 saturated heterocycles. The zero-order valence-electron chi connectivity index (χ0n) is 21.8. The van der Waals surface area contributed by atoms with Crippen LogP contribution in [0.15, 0.2) is 42.6 Å². The molecule has 0 radical (unpaired) electrons. The Morgan fingerprint density at radius 3 is 2.82 bits per heavy atom. The highest BCUT2D eigenvalue weighted by Gasteiger charge is 2.36.